The van der Waals surface area contributed by atoms with E-state index >= 15 is 0 Å². The quantitative estimate of drug-likeness (QED) is 0.685. The topological polar surface area (TPSA) is 73.9 Å². The lowest BCUT2D eigenvalue weighted by Gasteiger charge is -2.15. The molecule has 0 bridgehead atoms. The number of halogens is 1. The van der Waals surface area contributed by atoms with Crippen LogP contribution in [0.3, 0.4) is 0 Å². The Bertz CT molecular complexity index is 862. The average molecular weight is 404 g/mol. The predicted molar refractivity (Wildman–Crippen MR) is 105 cm³/mol. The molecule has 0 aliphatic heterocycles. The molecule has 6 nitrogen and oxygen atoms in total. The molecule has 0 aromatic heterocycles. The summed E-state index contributed by atoms with van der Waals surface area (Å²) in [5.41, 5.74) is 1.07. The first kappa shape index (κ1) is 20.0. The Balaban J connectivity index is 1.50. The lowest BCUT2D eigenvalue weighted by atomic mass is 9.96. The number of rotatable bonds is 8. The minimum absolute atomic E-state index is 0.291. The van der Waals surface area contributed by atoms with Crippen LogP contribution in [0.25, 0.3) is 0 Å². The number of esters is 1. The summed E-state index contributed by atoms with van der Waals surface area (Å²) in [6, 6.07) is 12.5. The summed E-state index contributed by atoms with van der Waals surface area (Å²) in [7, 11) is 3.11. The Labute approximate surface area is 168 Å². The summed E-state index contributed by atoms with van der Waals surface area (Å²) in [5.74, 6) is 0.453. The molecule has 148 valence electrons. The Morgan fingerprint density at radius 3 is 2.32 bits per heavy atom. The standard InChI is InChI=1S/C21H22ClNO5/c1-26-17-8-3-14(11-18(17)27-2)12-23-19(24)13-28-20(25)21(9-10-21)15-4-6-16(22)7-5-15/h3-8,11H,9-10,12-13H2,1-2H3,(H,23,24). The van der Waals surface area contributed by atoms with E-state index in [1.54, 1.807) is 38.5 Å². The number of ether oxygens (including phenoxy) is 3. The maximum absolute atomic E-state index is 12.5. The van der Waals surface area contributed by atoms with E-state index in [1.165, 1.54) is 0 Å². The Morgan fingerprint density at radius 2 is 1.71 bits per heavy atom. The molecule has 1 aliphatic rings. The van der Waals surface area contributed by atoms with Crippen molar-refractivity contribution < 1.29 is 23.8 Å². The van der Waals surface area contributed by atoms with Gasteiger partial charge in [-0.3, -0.25) is 9.59 Å². The summed E-state index contributed by atoms with van der Waals surface area (Å²) in [6.07, 6.45) is 1.42. The maximum atomic E-state index is 12.5. The Kier molecular flexibility index (Phi) is 6.09. The zero-order valence-electron chi connectivity index (χ0n) is 15.8. The van der Waals surface area contributed by atoms with Crippen molar-refractivity contribution in [3.63, 3.8) is 0 Å². The molecule has 1 aliphatic carbocycles. The van der Waals surface area contributed by atoms with E-state index in [2.05, 4.69) is 5.32 Å². The lowest BCUT2D eigenvalue weighted by Crippen LogP contribution is -2.31. The van der Waals surface area contributed by atoms with Crippen LogP contribution in [0.1, 0.15) is 24.0 Å². The molecule has 0 radical (unpaired) electrons. The highest BCUT2D eigenvalue weighted by Crippen LogP contribution is 2.49. The molecule has 1 N–H and O–H groups in total. The summed E-state index contributed by atoms with van der Waals surface area (Å²) >= 11 is 5.90. The number of carbonyl (C=O) groups excluding carboxylic acids is 2. The van der Waals surface area contributed by atoms with Crippen molar-refractivity contribution in [2.24, 2.45) is 0 Å². The van der Waals surface area contributed by atoms with E-state index in [4.69, 9.17) is 25.8 Å². The van der Waals surface area contributed by atoms with Crippen molar-refractivity contribution in [2.75, 3.05) is 20.8 Å². The first-order valence-electron chi connectivity index (χ1n) is 8.89. The van der Waals surface area contributed by atoms with Gasteiger partial charge in [0.15, 0.2) is 18.1 Å². The fraction of sp³-hybridized carbons (Fsp3) is 0.333. The van der Waals surface area contributed by atoms with E-state index in [0.29, 0.717) is 35.9 Å². The molecule has 0 saturated heterocycles. The van der Waals surface area contributed by atoms with E-state index in [1.807, 2.05) is 18.2 Å². The number of benzene rings is 2. The lowest BCUT2D eigenvalue weighted by molar-refractivity contribution is -0.151. The number of hydrogen-bond donors (Lipinski definition) is 1. The molecule has 7 heteroatoms. The molecule has 1 saturated carbocycles. The highest BCUT2D eigenvalue weighted by molar-refractivity contribution is 6.30. The Hall–Kier alpha value is -2.73. The van der Waals surface area contributed by atoms with Crippen LogP contribution in [0, 0.1) is 0 Å². The molecule has 0 spiro atoms. The van der Waals surface area contributed by atoms with Crippen LogP contribution in [-0.4, -0.2) is 32.7 Å². The van der Waals surface area contributed by atoms with Gasteiger partial charge in [0.2, 0.25) is 0 Å². The maximum Gasteiger partial charge on any atom is 0.317 e. The number of methoxy groups -OCH3 is 2. The van der Waals surface area contributed by atoms with Crippen molar-refractivity contribution >= 4 is 23.5 Å². The van der Waals surface area contributed by atoms with Gasteiger partial charge in [0.25, 0.3) is 5.91 Å². The van der Waals surface area contributed by atoms with E-state index in [0.717, 1.165) is 11.1 Å². The van der Waals surface area contributed by atoms with E-state index in [-0.39, 0.29) is 18.5 Å². The molecule has 0 unspecified atom stereocenters. The third kappa shape index (κ3) is 4.39. The zero-order valence-corrected chi connectivity index (χ0v) is 16.5. The second-order valence-electron chi connectivity index (χ2n) is 6.63. The van der Waals surface area contributed by atoms with Gasteiger partial charge in [-0.2, -0.15) is 0 Å². The first-order chi connectivity index (χ1) is 13.5. The summed E-state index contributed by atoms with van der Waals surface area (Å²) in [4.78, 5) is 24.5. The molecule has 2 aromatic rings. The van der Waals surface area contributed by atoms with Crippen LogP contribution < -0.4 is 14.8 Å². The minimum atomic E-state index is -0.645. The van der Waals surface area contributed by atoms with Gasteiger partial charge < -0.3 is 19.5 Å². The third-order valence-corrected chi connectivity index (χ3v) is 5.06. The Morgan fingerprint density at radius 1 is 1.04 bits per heavy atom. The molecule has 0 atom stereocenters. The van der Waals surface area contributed by atoms with Crippen molar-refractivity contribution in [3.05, 3.63) is 58.6 Å². The van der Waals surface area contributed by atoms with Crippen molar-refractivity contribution in [2.45, 2.75) is 24.8 Å². The van der Waals surface area contributed by atoms with Crippen molar-refractivity contribution in [1.29, 1.82) is 0 Å². The molecule has 1 fully saturated rings. The van der Waals surface area contributed by atoms with Gasteiger partial charge >= 0.3 is 5.97 Å². The highest BCUT2D eigenvalue weighted by atomic mass is 35.5. The van der Waals surface area contributed by atoms with Gasteiger partial charge in [0.1, 0.15) is 0 Å². The average Bonchev–Trinajstić information content (AvgIpc) is 3.52. The summed E-state index contributed by atoms with van der Waals surface area (Å²) in [6.45, 7) is -0.0273. The largest absolute Gasteiger partial charge is 0.493 e. The number of nitrogens with one attached hydrogen (secondary N) is 1. The molecule has 1 amide bonds. The number of carbonyl (C=O) groups is 2. The normalized spacial score (nSPS) is 14.1. The minimum Gasteiger partial charge on any atom is -0.493 e. The van der Waals surface area contributed by atoms with Gasteiger partial charge in [0.05, 0.1) is 19.6 Å². The van der Waals surface area contributed by atoms with Crippen LogP contribution in [-0.2, 0) is 26.3 Å². The summed E-state index contributed by atoms with van der Waals surface area (Å²) < 4.78 is 15.7. The number of amides is 1. The predicted octanol–water partition coefficient (Wildman–Crippen LogP) is 3.25. The SMILES string of the molecule is COc1ccc(CNC(=O)COC(=O)C2(c3ccc(Cl)cc3)CC2)cc1OC. The molecule has 3 rings (SSSR count). The van der Waals surface area contributed by atoms with Crippen LogP contribution in [0.2, 0.25) is 5.02 Å². The first-order valence-corrected chi connectivity index (χ1v) is 9.27. The second kappa shape index (κ2) is 8.52. The van der Waals surface area contributed by atoms with Crippen molar-refractivity contribution in [1.82, 2.24) is 5.32 Å². The highest BCUT2D eigenvalue weighted by Gasteiger charge is 2.52. The van der Waals surface area contributed by atoms with Gasteiger partial charge in [-0.15, -0.1) is 0 Å². The summed E-state index contributed by atoms with van der Waals surface area (Å²) in [5, 5.41) is 3.35. The van der Waals surface area contributed by atoms with E-state index in [9.17, 15) is 9.59 Å². The molecular formula is C21H22ClNO5. The monoisotopic (exact) mass is 403 g/mol. The van der Waals surface area contributed by atoms with Crippen LogP contribution >= 0.6 is 11.6 Å². The third-order valence-electron chi connectivity index (χ3n) is 4.81. The fourth-order valence-corrected chi connectivity index (χ4v) is 3.14. The van der Waals surface area contributed by atoms with Gasteiger partial charge in [-0.05, 0) is 48.2 Å². The van der Waals surface area contributed by atoms with Crippen LogP contribution in [0.5, 0.6) is 11.5 Å². The van der Waals surface area contributed by atoms with Crippen LogP contribution in [0.15, 0.2) is 42.5 Å². The zero-order chi connectivity index (χ0) is 20.1. The van der Waals surface area contributed by atoms with E-state index < -0.39 is 5.41 Å². The second-order valence-corrected chi connectivity index (χ2v) is 7.07. The molecule has 0 heterocycles. The van der Waals surface area contributed by atoms with Crippen LogP contribution in [0.4, 0.5) is 0 Å². The van der Waals surface area contributed by atoms with Gasteiger partial charge in [-0.25, -0.2) is 0 Å². The fourth-order valence-electron chi connectivity index (χ4n) is 3.02. The molecular weight excluding hydrogens is 382 g/mol. The van der Waals surface area contributed by atoms with Gasteiger partial charge in [-0.1, -0.05) is 29.8 Å². The van der Waals surface area contributed by atoms with Crippen molar-refractivity contribution in [3.8, 4) is 11.5 Å². The number of hydrogen-bond acceptors (Lipinski definition) is 5. The molecule has 2 aromatic carbocycles. The molecule has 28 heavy (non-hydrogen) atoms. The smallest absolute Gasteiger partial charge is 0.317 e. The van der Waals surface area contributed by atoms with Gasteiger partial charge in [0, 0.05) is 11.6 Å².